The molecule has 5 N–H and O–H groups in total. The molecule has 0 unspecified atom stereocenters. The van der Waals surface area contributed by atoms with Gasteiger partial charge in [0.25, 0.3) is 11.5 Å². The van der Waals surface area contributed by atoms with Gasteiger partial charge in [-0.15, -0.1) is 0 Å². The number of ether oxygens (including phenoxy) is 1. The summed E-state index contributed by atoms with van der Waals surface area (Å²) in [5, 5.41) is 11.4. The molecule has 17 heteroatoms. The number of halogens is 3. The van der Waals surface area contributed by atoms with E-state index in [2.05, 4.69) is 25.3 Å². The number of carbonyl (C=O) groups is 4. The minimum Gasteiger partial charge on any atom is -0.481 e. The highest BCUT2D eigenvalue weighted by molar-refractivity contribution is 5.99. The highest BCUT2D eigenvalue weighted by atomic mass is 19.4. The second-order valence-corrected chi connectivity index (χ2v) is 9.91. The van der Waals surface area contributed by atoms with E-state index in [9.17, 15) is 37.1 Å². The first-order valence-electron chi connectivity index (χ1n) is 12.2. The molecule has 3 rings (SSSR count). The number of aromatic amines is 1. The Hall–Kier alpha value is -5.09. The Labute approximate surface area is 235 Å². The topological polar surface area (TPSA) is 211 Å². The van der Waals surface area contributed by atoms with Gasteiger partial charge in [0, 0.05) is 17.7 Å². The molecule has 0 aliphatic heterocycles. The Bertz CT molecular complexity index is 1570. The van der Waals surface area contributed by atoms with Crippen LogP contribution in [0, 0.1) is 0 Å². The molecule has 0 radical (unpaired) electrons. The number of aliphatic carboxylic acids is 1. The van der Waals surface area contributed by atoms with Crippen molar-refractivity contribution in [1.29, 1.82) is 0 Å². The van der Waals surface area contributed by atoms with Crippen molar-refractivity contribution in [2.45, 2.75) is 58.0 Å². The van der Waals surface area contributed by atoms with Crippen LogP contribution in [0.25, 0.3) is 11.2 Å². The minimum atomic E-state index is -5.29. The number of fused-ring (bicyclic) bond motifs is 1. The van der Waals surface area contributed by atoms with Crippen LogP contribution < -0.4 is 21.5 Å². The number of hydrogen-bond acceptors (Lipinski definition) is 10. The Kier molecular flexibility index (Phi) is 9.13. The number of carboxylic acids is 1. The standard InChI is InChI=1S/C25H26F3N7O7/c1-24(2,3)42-21(40)15(8-9-16(36)37)32-19(38)12-4-6-14(7-5-12)35(22(41)25(26,27)28)11-13-10-30-18-17(31-13)20(39)34-23(29)33-18/h4-7,10,15H,8-9,11H2,1-3H3,(H,32,38)(H,36,37)(H3,29,30,33,34,39)/t15-/m0/s1. The first kappa shape index (κ1) is 31.4. The van der Waals surface area contributed by atoms with Crippen LogP contribution in [0.4, 0.5) is 24.8 Å². The third-order valence-electron chi connectivity index (χ3n) is 5.38. The summed E-state index contributed by atoms with van der Waals surface area (Å²) < 4.78 is 45.6. The molecule has 224 valence electrons. The highest BCUT2D eigenvalue weighted by Crippen LogP contribution is 2.26. The molecule has 0 aliphatic carbocycles. The lowest BCUT2D eigenvalue weighted by Gasteiger charge is -2.25. The summed E-state index contributed by atoms with van der Waals surface area (Å²) in [5.41, 5.74) is 2.69. The summed E-state index contributed by atoms with van der Waals surface area (Å²) in [5.74, 6) is -5.43. The van der Waals surface area contributed by atoms with E-state index in [1.807, 2.05) is 0 Å². The number of nitrogens with zero attached hydrogens (tertiary/aromatic N) is 4. The zero-order chi connectivity index (χ0) is 31.4. The van der Waals surface area contributed by atoms with Crippen molar-refractivity contribution in [1.82, 2.24) is 25.3 Å². The minimum absolute atomic E-state index is 0.109. The summed E-state index contributed by atoms with van der Waals surface area (Å²) >= 11 is 0. The smallest absolute Gasteiger partial charge is 0.471 e. The third kappa shape index (κ3) is 8.21. The lowest BCUT2D eigenvalue weighted by molar-refractivity contribution is -0.170. The molecule has 0 saturated heterocycles. The van der Waals surface area contributed by atoms with Crippen LogP contribution in [-0.4, -0.2) is 66.6 Å². The number of anilines is 2. The molecule has 2 amide bonds. The van der Waals surface area contributed by atoms with E-state index >= 15 is 0 Å². The molecular formula is C25H26F3N7O7. The number of amides is 2. The summed E-state index contributed by atoms with van der Waals surface area (Å²) in [6.45, 7) is 4.00. The van der Waals surface area contributed by atoms with Crippen molar-refractivity contribution in [2.24, 2.45) is 0 Å². The Morgan fingerprint density at radius 1 is 1.12 bits per heavy atom. The molecule has 14 nitrogen and oxygen atoms in total. The van der Waals surface area contributed by atoms with Crippen LogP contribution in [0.2, 0.25) is 0 Å². The van der Waals surface area contributed by atoms with E-state index in [4.69, 9.17) is 15.6 Å². The monoisotopic (exact) mass is 593 g/mol. The van der Waals surface area contributed by atoms with E-state index in [1.165, 1.54) is 0 Å². The number of nitrogens with two attached hydrogens (primary N) is 1. The highest BCUT2D eigenvalue weighted by Gasteiger charge is 2.43. The van der Waals surface area contributed by atoms with E-state index in [0.29, 0.717) is 4.90 Å². The van der Waals surface area contributed by atoms with Gasteiger partial charge in [0.1, 0.15) is 11.6 Å². The van der Waals surface area contributed by atoms with Gasteiger partial charge in [-0.2, -0.15) is 18.2 Å². The van der Waals surface area contributed by atoms with Gasteiger partial charge in [-0.3, -0.25) is 29.1 Å². The molecule has 1 atom stereocenters. The quantitative estimate of drug-likeness (QED) is 0.262. The molecule has 0 fully saturated rings. The number of carboxylic acid groups (broad SMARTS) is 1. The average molecular weight is 594 g/mol. The predicted octanol–water partition coefficient (Wildman–Crippen LogP) is 1.70. The fraction of sp³-hybridized carbons (Fsp3) is 0.360. The Balaban J connectivity index is 1.87. The maximum atomic E-state index is 13.5. The molecule has 2 aromatic heterocycles. The summed E-state index contributed by atoms with van der Waals surface area (Å²) in [7, 11) is 0. The van der Waals surface area contributed by atoms with Gasteiger partial charge >= 0.3 is 24.0 Å². The van der Waals surface area contributed by atoms with Crippen molar-refractivity contribution in [3.8, 4) is 0 Å². The summed E-state index contributed by atoms with van der Waals surface area (Å²) in [6, 6.07) is 3.00. The number of hydrogen-bond donors (Lipinski definition) is 4. The van der Waals surface area contributed by atoms with Gasteiger partial charge in [0.2, 0.25) is 5.95 Å². The van der Waals surface area contributed by atoms with Gasteiger partial charge in [-0.25, -0.2) is 14.8 Å². The number of nitrogens with one attached hydrogen (secondary N) is 2. The fourth-order valence-corrected chi connectivity index (χ4v) is 3.57. The molecule has 0 spiro atoms. The van der Waals surface area contributed by atoms with Crippen molar-refractivity contribution >= 4 is 46.6 Å². The fourth-order valence-electron chi connectivity index (χ4n) is 3.57. The Morgan fingerprint density at radius 2 is 1.76 bits per heavy atom. The molecule has 42 heavy (non-hydrogen) atoms. The van der Waals surface area contributed by atoms with Crippen molar-refractivity contribution < 1.29 is 42.2 Å². The number of rotatable bonds is 9. The summed E-state index contributed by atoms with van der Waals surface area (Å²) in [6.07, 6.45) is -5.00. The number of nitrogen functional groups attached to an aromatic ring is 1. The van der Waals surface area contributed by atoms with Crippen LogP contribution in [0.1, 0.15) is 49.7 Å². The van der Waals surface area contributed by atoms with Crippen LogP contribution >= 0.6 is 0 Å². The molecule has 0 saturated carbocycles. The average Bonchev–Trinajstić information content (AvgIpc) is 2.87. The molecular weight excluding hydrogens is 567 g/mol. The maximum absolute atomic E-state index is 13.5. The molecule has 3 aromatic rings. The van der Waals surface area contributed by atoms with Crippen LogP contribution in [0.15, 0.2) is 35.3 Å². The van der Waals surface area contributed by atoms with Gasteiger partial charge in [-0.1, -0.05) is 0 Å². The van der Waals surface area contributed by atoms with Crippen LogP contribution in [0.3, 0.4) is 0 Å². The van der Waals surface area contributed by atoms with Gasteiger partial charge in [0.05, 0.1) is 18.4 Å². The zero-order valence-electron chi connectivity index (χ0n) is 22.5. The van der Waals surface area contributed by atoms with E-state index in [1.54, 1.807) is 20.8 Å². The zero-order valence-corrected chi connectivity index (χ0v) is 22.5. The first-order valence-corrected chi connectivity index (χ1v) is 12.2. The molecule has 0 bridgehead atoms. The van der Waals surface area contributed by atoms with Crippen molar-refractivity contribution in [3.05, 3.63) is 52.1 Å². The van der Waals surface area contributed by atoms with Crippen molar-refractivity contribution in [3.63, 3.8) is 0 Å². The molecule has 0 aliphatic rings. The number of esters is 1. The van der Waals surface area contributed by atoms with Gasteiger partial charge in [0.15, 0.2) is 11.2 Å². The molecule has 2 heterocycles. The first-order chi connectivity index (χ1) is 19.4. The van der Waals surface area contributed by atoms with E-state index in [0.717, 1.165) is 30.5 Å². The number of carbonyl (C=O) groups excluding carboxylic acids is 3. The van der Waals surface area contributed by atoms with Gasteiger partial charge in [-0.05, 0) is 51.5 Å². The van der Waals surface area contributed by atoms with E-state index < -0.39 is 60.1 Å². The third-order valence-corrected chi connectivity index (χ3v) is 5.38. The SMILES string of the molecule is CC(C)(C)OC(=O)[C@H](CCC(=O)O)NC(=O)c1ccc(N(Cc2cnc3nc(N)[nH]c(=O)c3n2)C(=O)C(F)(F)F)cc1. The maximum Gasteiger partial charge on any atom is 0.471 e. The van der Waals surface area contributed by atoms with E-state index in [-0.39, 0.29) is 40.5 Å². The number of alkyl halides is 3. The second kappa shape index (κ2) is 12.2. The Morgan fingerprint density at radius 3 is 2.33 bits per heavy atom. The lowest BCUT2D eigenvalue weighted by atomic mass is 10.1. The van der Waals surface area contributed by atoms with Gasteiger partial charge < -0.3 is 20.9 Å². The summed E-state index contributed by atoms with van der Waals surface area (Å²) in [4.78, 5) is 74.9. The second-order valence-electron chi connectivity index (χ2n) is 9.91. The number of aromatic nitrogens is 4. The van der Waals surface area contributed by atoms with Crippen LogP contribution in [-0.2, 0) is 25.7 Å². The normalized spacial score (nSPS) is 12.4. The lowest BCUT2D eigenvalue weighted by Crippen LogP contribution is -2.44. The van der Waals surface area contributed by atoms with Crippen LogP contribution in [0.5, 0.6) is 0 Å². The molecule has 1 aromatic carbocycles. The largest absolute Gasteiger partial charge is 0.481 e. The number of benzene rings is 1. The predicted molar refractivity (Wildman–Crippen MR) is 140 cm³/mol. The van der Waals surface area contributed by atoms with Crippen molar-refractivity contribution in [2.75, 3.05) is 10.6 Å². The number of H-pyrrole nitrogens is 1.